The van der Waals surface area contributed by atoms with E-state index in [0.717, 1.165) is 10.5 Å². The average molecular weight is 360 g/mol. The van der Waals surface area contributed by atoms with E-state index in [1.165, 1.54) is 28.8 Å². The first-order valence-electron chi connectivity index (χ1n) is 7.87. The summed E-state index contributed by atoms with van der Waals surface area (Å²) in [5.41, 5.74) is 1.34. The quantitative estimate of drug-likeness (QED) is 0.802. The van der Waals surface area contributed by atoms with Crippen LogP contribution in [-0.2, 0) is 4.79 Å². The van der Waals surface area contributed by atoms with Crippen molar-refractivity contribution < 1.29 is 14.0 Å². The molecular weight excluding hydrogens is 339 g/mol. The van der Waals surface area contributed by atoms with Gasteiger partial charge in [-0.2, -0.15) is 0 Å². The van der Waals surface area contributed by atoms with Crippen LogP contribution >= 0.6 is 11.8 Å². The van der Waals surface area contributed by atoms with Gasteiger partial charge in [0.15, 0.2) is 0 Å². The third-order valence-electron chi connectivity index (χ3n) is 3.70. The highest BCUT2D eigenvalue weighted by Crippen LogP contribution is 2.24. The van der Waals surface area contributed by atoms with Crippen LogP contribution in [0, 0.1) is 5.82 Å². The minimum absolute atomic E-state index is 0.0140. The van der Waals surface area contributed by atoms with Crippen molar-refractivity contribution in [3.8, 4) is 0 Å². The smallest absolute Gasteiger partial charge is 0.252 e. The average Bonchev–Trinajstić information content (AvgIpc) is 2.60. The van der Waals surface area contributed by atoms with Gasteiger partial charge >= 0.3 is 0 Å². The number of carbonyl (C=O) groups excluding carboxylic acids is 2. The van der Waals surface area contributed by atoms with Crippen LogP contribution in [-0.4, -0.2) is 36.6 Å². The van der Waals surface area contributed by atoms with Gasteiger partial charge in [-0.1, -0.05) is 24.3 Å². The zero-order valence-electron chi connectivity index (χ0n) is 14.5. The number of nitrogens with zero attached hydrogens (tertiary/aromatic N) is 1. The summed E-state index contributed by atoms with van der Waals surface area (Å²) in [6.45, 7) is 1.84. The third-order valence-corrected chi connectivity index (χ3v) is 4.76. The Bertz CT molecular complexity index is 747. The normalized spacial score (nSPS) is 11.7. The monoisotopic (exact) mass is 360 g/mol. The zero-order valence-corrected chi connectivity index (χ0v) is 15.3. The number of benzene rings is 2. The molecule has 6 heteroatoms. The van der Waals surface area contributed by atoms with Crippen LogP contribution in [0.2, 0.25) is 0 Å². The molecule has 0 bridgehead atoms. The predicted octanol–water partition coefficient (Wildman–Crippen LogP) is 3.50. The molecule has 2 rings (SSSR count). The Morgan fingerprint density at radius 1 is 1.12 bits per heavy atom. The Labute approximate surface area is 151 Å². The molecular formula is C19H21FN2O2S. The number of hydrogen-bond acceptors (Lipinski definition) is 3. The zero-order chi connectivity index (χ0) is 18.4. The highest BCUT2D eigenvalue weighted by molar-refractivity contribution is 8.00. The summed E-state index contributed by atoms with van der Waals surface area (Å²) in [4.78, 5) is 26.6. The number of hydrogen-bond donors (Lipinski definition) is 1. The fourth-order valence-corrected chi connectivity index (χ4v) is 3.19. The van der Waals surface area contributed by atoms with Crippen LogP contribution < -0.4 is 5.32 Å². The van der Waals surface area contributed by atoms with E-state index in [0.29, 0.717) is 5.56 Å². The summed E-state index contributed by atoms with van der Waals surface area (Å²) in [7, 11) is 3.40. The van der Waals surface area contributed by atoms with Gasteiger partial charge in [0.1, 0.15) is 5.82 Å². The molecule has 4 nitrogen and oxygen atoms in total. The summed E-state index contributed by atoms with van der Waals surface area (Å²) >= 11 is 1.34. The number of carbonyl (C=O) groups is 2. The molecule has 0 saturated carbocycles. The maximum Gasteiger partial charge on any atom is 0.252 e. The molecule has 0 spiro atoms. The lowest BCUT2D eigenvalue weighted by molar-refractivity contribution is -0.125. The van der Waals surface area contributed by atoms with Gasteiger partial charge in [-0.25, -0.2) is 4.39 Å². The van der Waals surface area contributed by atoms with Crippen LogP contribution in [0.1, 0.15) is 28.9 Å². The first-order chi connectivity index (χ1) is 11.9. The van der Waals surface area contributed by atoms with Crippen molar-refractivity contribution in [1.29, 1.82) is 0 Å². The minimum Gasteiger partial charge on any atom is -0.348 e. The largest absolute Gasteiger partial charge is 0.348 e. The Morgan fingerprint density at radius 3 is 2.40 bits per heavy atom. The van der Waals surface area contributed by atoms with Gasteiger partial charge in [-0.15, -0.1) is 11.8 Å². The van der Waals surface area contributed by atoms with Crippen LogP contribution in [0.3, 0.4) is 0 Å². The molecule has 0 aliphatic carbocycles. The van der Waals surface area contributed by atoms with E-state index in [-0.39, 0.29) is 29.4 Å². The van der Waals surface area contributed by atoms with Gasteiger partial charge < -0.3 is 10.2 Å². The van der Waals surface area contributed by atoms with Crippen LogP contribution in [0.25, 0.3) is 0 Å². The number of rotatable bonds is 6. The molecule has 0 radical (unpaired) electrons. The number of halogens is 1. The van der Waals surface area contributed by atoms with Crippen LogP contribution in [0.4, 0.5) is 4.39 Å². The second-order valence-corrected chi connectivity index (χ2v) is 6.84. The molecule has 0 aliphatic heterocycles. The van der Waals surface area contributed by atoms with Crippen molar-refractivity contribution in [2.75, 3.05) is 19.8 Å². The fraction of sp³-hybridized carbons (Fsp3) is 0.263. The number of nitrogens with one attached hydrogen (secondary N) is 1. The molecule has 1 atom stereocenters. The maximum absolute atomic E-state index is 13.0. The summed E-state index contributed by atoms with van der Waals surface area (Å²) in [6, 6.07) is 13.0. The lowest BCUT2D eigenvalue weighted by atomic mass is 10.1. The van der Waals surface area contributed by atoms with Gasteiger partial charge in [0.2, 0.25) is 5.91 Å². The number of thioether (sulfide) groups is 1. The fourth-order valence-electron chi connectivity index (χ4n) is 2.16. The van der Waals surface area contributed by atoms with Crippen molar-refractivity contribution in [3.05, 3.63) is 65.5 Å². The van der Waals surface area contributed by atoms with E-state index in [4.69, 9.17) is 0 Å². The number of amides is 2. The summed E-state index contributed by atoms with van der Waals surface area (Å²) in [6.07, 6.45) is 0. The van der Waals surface area contributed by atoms with E-state index < -0.39 is 0 Å². The standard InChI is InChI=1S/C19H21FN2O2S/c1-13(14-8-10-15(20)11-9-14)21-19(24)16-6-4-5-7-17(16)25-12-18(23)22(2)3/h4-11,13H,12H2,1-3H3,(H,21,24). The molecule has 0 aliphatic rings. The van der Waals surface area contributed by atoms with Gasteiger partial charge in [-0.05, 0) is 36.8 Å². The Kier molecular flexibility index (Phi) is 6.58. The molecule has 25 heavy (non-hydrogen) atoms. The second-order valence-electron chi connectivity index (χ2n) is 5.82. The van der Waals surface area contributed by atoms with E-state index in [9.17, 15) is 14.0 Å². The molecule has 1 N–H and O–H groups in total. The Hall–Kier alpha value is -2.34. The second kappa shape index (κ2) is 8.67. The van der Waals surface area contributed by atoms with E-state index in [1.54, 1.807) is 38.4 Å². The lowest BCUT2D eigenvalue weighted by Gasteiger charge is -2.16. The molecule has 132 valence electrons. The summed E-state index contributed by atoms with van der Waals surface area (Å²) in [5.74, 6) is -0.281. The van der Waals surface area contributed by atoms with Gasteiger partial charge in [0, 0.05) is 19.0 Å². The third kappa shape index (κ3) is 5.32. The van der Waals surface area contributed by atoms with Crippen LogP contribution in [0.5, 0.6) is 0 Å². The molecule has 1 unspecified atom stereocenters. The first-order valence-corrected chi connectivity index (χ1v) is 8.85. The van der Waals surface area contributed by atoms with Gasteiger partial charge in [0.25, 0.3) is 5.91 Å². The maximum atomic E-state index is 13.0. The highest BCUT2D eigenvalue weighted by atomic mass is 32.2. The molecule has 0 fully saturated rings. The van der Waals surface area contributed by atoms with Crippen LogP contribution in [0.15, 0.2) is 53.4 Å². The first kappa shape index (κ1) is 19.0. The summed E-state index contributed by atoms with van der Waals surface area (Å²) in [5, 5.41) is 2.91. The topological polar surface area (TPSA) is 49.4 Å². The van der Waals surface area contributed by atoms with Gasteiger partial charge in [0.05, 0.1) is 17.4 Å². The highest BCUT2D eigenvalue weighted by Gasteiger charge is 2.16. The van der Waals surface area contributed by atoms with Crippen molar-refractivity contribution >= 4 is 23.6 Å². The molecule has 2 aromatic carbocycles. The summed E-state index contributed by atoms with van der Waals surface area (Å²) < 4.78 is 13.0. The van der Waals surface area contributed by atoms with E-state index >= 15 is 0 Å². The minimum atomic E-state index is -0.311. The van der Waals surface area contributed by atoms with Crippen molar-refractivity contribution in [1.82, 2.24) is 10.2 Å². The Morgan fingerprint density at radius 2 is 1.76 bits per heavy atom. The molecule has 0 heterocycles. The molecule has 2 aromatic rings. The molecule has 2 amide bonds. The van der Waals surface area contributed by atoms with Crippen molar-refractivity contribution in [2.24, 2.45) is 0 Å². The Balaban J connectivity index is 2.08. The van der Waals surface area contributed by atoms with E-state index in [2.05, 4.69) is 5.32 Å². The lowest BCUT2D eigenvalue weighted by Crippen LogP contribution is -2.27. The van der Waals surface area contributed by atoms with Crippen molar-refractivity contribution in [3.63, 3.8) is 0 Å². The SMILES string of the molecule is CC(NC(=O)c1ccccc1SCC(=O)N(C)C)c1ccc(F)cc1. The molecule has 0 aromatic heterocycles. The van der Waals surface area contributed by atoms with Gasteiger partial charge in [-0.3, -0.25) is 9.59 Å². The molecule has 0 saturated heterocycles. The van der Waals surface area contributed by atoms with E-state index in [1.807, 2.05) is 19.1 Å². The van der Waals surface area contributed by atoms with Crippen molar-refractivity contribution in [2.45, 2.75) is 17.9 Å². The predicted molar refractivity (Wildman–Crippen MR) is 98.1 cm³/mol.